The van der Waals surface area contributed by atoms with E-state index >= 15 is 0 Å². The van der Waals surface area contributed by atoms with E-state index in [4.69, 9.17) is 11.6 Å². The summed E-state index contributed by atoms with van der Waals surface area (Å²) in [6, 6.07) is 10.0. The van der Waals surface area contributed by atoms with E-state index in [1.807, 2.05) is 30.3 Å². The van der Waals surface area contributed by atoms with E-state index in [1.165, 1.54) is 11.5 Å². The van der Waals surface area contributed by atoms with Crippen molar-refractivity contribution in [1.82, 2.24) is 9.59 Å². The number of aliphatic hydroxyl groups excluding tert-OH is 1. The van der Waals surface area contributed by atoms with Crippen LogP contribution in [0.2, 0.25) is 4.34 Å². The van der Waals surface area contributed by atoms with Gasteiger partial charge in [0.1, 0.15) is 10.0 Å². The molecule has 0 saturated heterocycles. The Bertz CT molecular complexity index is 502. The molecule has 1 unspecified atom stereocenters. The topological polar surface area (TPSA) is 49.2 Å². The SMILES string of the molecule is CCC(CO)N(Cc1nnsc1Cl)c1ccccc1. The molecule has 0 amide bonds. The summed E-state index contributed by atoms with van der Waals surface area (Å²) >= 11 is 7.25. The number of rotatable bonds is 6. The van der Waals surface area contributed by atoms with Crippen LogP contribution >= 0.6 is 23.1 Å². The van der Waals surface area contributed by atoms with Crippen LogP contribution in [-0.2, 0) is 6.54 Å². The lowest BCUT2D eigenvalue weighted by molar-refractivity contribution is 0.255. The highest BCUT2D eigenvalue weighted by Gasteiger charge is 2.19. The third-order valence-electron chi connectivity index (χ3n) is 3.04. The molecule has 19 heavy (non-hydrogen) atoms. The third-order valence-corrected chi connectivity index (χ3v) is 4.02. The summed E-state index contributed by atoms with van der Waals surface area (Å²) in [6.07, 6.45) is 0.848. The zero-order valence-corrected chi connectivity index (χ0v) is 12.2. The quantitative estimate of drug-likeness (QED) is 0.890. The summed E-state index contributed by atoms with van der Waals surface area (Å²) in [5, 5.41) is 13.6. The first-order valence-corrected chi connectivity index (χ1v) is 7.30. The van der Waals surface area contributed by atoms with Gasteiger partial charge in [-0.05, 0) is 18.6 Å². The number of hydrogen-bond donors (Lipinski definition) is 1. The molecule has 1 aromatic carbocycles. The van der Waals surface area contributed by atoms with Gasteiger partial charge in [-0.3, -0.25) is 0 Å². The summed E-state index contributed by atoms with van der Waals surface area (Å²) in [4.78, 5) is 2.11. The van der Waals surface area contributed by atoms with Crippen molar-refractivity contribution in [2.45, 2.75) is 25.9 Å². The molecule has 1 N–H and O–H groups in total. The molecule has 2 rings (SSSR count). The van der Waals surface area contributed by atoms with Gasteiger partial charge in [0, 0.05) is 17.2 Å². The number of benzene rings is 1. The Kier molecular flexibility index (Phi) is 5.13. The molecule has 0 aliphatic heterocycles. The molecule has 0 radical (unpaired) electrons. The molecule has 0 saturated carbocycles. The average molecular weight is 298 g/mol. The Morgan fingerprint density at radius 2 is 2.11 bits per heavy atom. The van der Waals surface area contributed by atoms with Crippen molar-refractivity contribution in [3.05, 3.63) is 40.4 Å². The summed E-state index contributed by atoms with van der Waals surface area (Å²) in [7, 11) is 0. The van der Waals surface area contributed by atoms with Gasteiger partial charge in [0.15, 0.2) is 0 Å². The molecule has 0 fully saturated rings. The maximum atomic E-state index is 9.55. The molecule has 2 aromatic rings. The first kappa shape index (κ1) is 14.2. The van der Waals surface area contributed by atoms with Crippen LogP contribution in [0.3, 0.4) is 0 Å². The van der Waals surface area contributed by atoms with Crippen LogP contribution in [0.25, 0.3) is 0 Å². The van der Waals surface area contributed by atoms with Crippen molar-refractivity contribution in [2.24, 2.45) is 0 Å². The Morgan fingerprint density at radius 1 is 1.37 bits per heavy atom. The summed E-state index contributed by atoms with van der Waals surface area (Å²) in [6.45, 7) is 2.71. The second-order valence-electron chi connectivity index (χ2n) is 4.20. The fraction of sp³-hybridized carbons (Fsp3) is 0.385. The largest absolute Gasteiger partial charge is 0.394 e. The number of anilines is 1. The van der Waals surface area contributed by atoms with Crippen LogP contribution < -0.4 is 4.90 Å². The van der Waals surface area contributed by atoms with Gasteiger partial charge < -0.3 is 10.0 Å². The molecule has 0 aliphatic carbocycles. The van der Waals surface area contributed by atoms with E-state index in [2.05, 4.69) is 21.4 Å². The fourth-order valence-electron chi connectivity index (χ4n) is 1.95. The lowest BCUT2D eigenvalue weighted by atomic mass is 10.1. The Labute approximate surface area is 121 Å². The van der Waals surface area contributed by atoms with Crippen LogP contribution in [0.15, 0.2) is 30.3 Å². The fourth-order valence-corrected chi connectivity index (χ4v) is 2.56. The monoisotopic (exact) mass is 297 g/mol. The van der Waals surface area contributed by atoms with Gasteiger partial charge in [0.2, 0.25) is 0 Å². The number of aliphatic hydroxyl groups is 1. The van der Waals surface area contributed by atoms with E-state index in [-0.39, 0.29) is 12.6 Å². The minimum atomic E-state index is 0.0418. The van der Waals surface area contributed by atoms with Crippen LogP contribution in [0.4, 0.5) is 5.69 Å². The normalized spacial score (nSPS) is 12.4. The van der Waals surface area contributed by atoms with E-state index in [1.54, 1.807) is 0 Å². The van der Waals surface area contributed by atoms with E-state index in [9.17, 15) is 5.11 Å². The molecular formula is C13H16ClN3OS. The number of nitrogens with zero attached hydrogens (tertiary/aromatic N) is 3. The van der Waals surface area contributed by atoms with Gasteiger partial charge in [0.05, 0.1) is 19.2 Å². The second kappa shape index (κ2) is 6.84. The molecule has 0 spiro atoms. The highest BCUT2D eigenvalue weighted by Crippen LogP contribution is 2.25. The van der Waals surface area contributed by atoms with Gasteiger partial charge >= 0.3 is 0 Å². The predicted octanol–water partition coefficient (Wildman–Crippen LogP) is 2.97. The number of hydrogen-bond acceptors (Lipinski definition) is 5. The number of halogens is 1. The number of aromatic nitrogens is 2. The molecule has 0 bridgehead atoms. The molecule has 1 aromatic heterocycles. The maximum absolute atomic E-state index is 9.55. The van der Waals surface area contributed by atoms with Gasteiger partial charge in [-0.2, -0.15) is 0 Å². The van der Waals surface area contributed by atoms with Crippen molar-refractivity contribution in [1.29, 1.82) is 0 Å². The van der Waals surface area contributed by atoms with Crippen LogP contribution in [-0.4, -0.2) is 27.3 Å². The molecule has 4 nitrogen and oxygen atoms in total. The van der Waals surface area contributed by atoms with Crippen molar-refractivity contribution in [3.63, 3.8) is 0 Å². The lowest BCUT2D eigenvalue weighted by Crippen LogP contribution is -2.37. The minimum absolute atomic E-state index is 0.0418. The molecule has 0 aliphatic rings. The van der Waals surface area contributed by atoms with Gasteiger partial charge in [-0.25, -0.2) is 0 Å². The lowest BCUT2D eigenvalue weighted by Gasteiger charge is -2.31. The zero-order valence-electron chi connectivity index (χ0n) is 10.7. The highest BCUT2D eigenvalue weighted by atomic mass is 35.5. The first-order valence-electron chi connectivity index (χ1n) is 6.15. The number of para-hydroxylation sites is 1. The summed E-state index contributed by atoms with van der Waals surface area (Å²) < 4.78 is 4.46. The molecular weight excluding hydrogens is 282 g/mol. The molecule has 102 valence electrons. The van der Waals surface area contributed by atoms with Crippen LogP contribution in [0, 0.1) is 0 Å². The van der Waals surface area contributed by atoms with Crippen LogP contribution in [0.5, 0.6) is 0 Å². The van der Waals surface area contributed by atoms with Gasteiger partial charge in [0.25, 0.3) is 0 Å². The summed E-state index contributed by atoms with van der Waals surface area (Å²) in [5.74, 6) is 0. The standard InChI is InChI=1S/C13H16ClN3OS/c1-2-10(9-18)17(11-6-4-3-5-7-11)8-12-13(14)19-16-15-12/h3-7,10,18H,2,8-9H2,1H3. The average Bonchev–Trinajstić information content (AvgIpc) is 2.85. The molecule has 1 atom stereocenters. The minimum Gasteiger partial charge on any atom is -0.394 e. The smallest absolute Gasteiger partial charge is 0.139 e. The zero-order chi connectivity index (χ0) is 13.7. The Hall–Kier alpha value is -1.17. The van der Waals surface area contributed by atoms with Crippen molar-refractivity contribution in [3.8, 4) is 0 Å². The van der Waals surface area contributed by atoms with Crippen LogP contribution in [0.1, 0.15) is 19.0 Å². The van der Waals surface area contributed by atoms with Crippen molar-refractivity contribution in [2.75, 3.05) is 11.5 Å². The molecule has 1 heterocycles. The van der Waals surface area contributed by atoms with E-state index in [0.717, 1.165) is 17.8 Å². The van der Waals surface area contributed by atoms with Gasteiger partial charge in [-0.15, -0.1) is 5.10 Å². The third kappa shape index (κ3) is 3.43. The van der Waals surface area contributed by atoms with Crippen molar-refractivity contribution >= 4 is 28.8 Å². The van der Waals surface area contributed by atoms with Gasteiger partial charge in [-0.1, -0.05) is 41.2 Å². The second-order valence-corrected chi connectivity index (χ2v) is 5.56. The maximum Gasteiger partial charge on any atom is 0.139 e. The molecule has 6 heteroatoms. The summed E-state index contributed by atoms with van der Waals surface area (Å²) in [5.41, 5.74) is 1.80. The Balaban J connectivity index is 2.27. The van der Waals surface area contributed by atoms with E-state index in [0.29, 0.717) is 10.9 Å². The Morgan fingerprint density at radius 3 is 2.63 bits per heavy atom. The predicted molar refractivity (Wildman–Crippen MR) is 78.7 cm³/mol. The first-order chi connectivity index (χ1) is 9.26. The van der Waals surface area contributed by atoms with E-state index < -0.39 is 0 Å². The highest BCUT2D eigenvalue weighted by molar-refractivity contribution is 7.10. The van der Waals surface area contributed by atoms with Crippen molar-refractivity contribution < 1.29 is 5.11 Å².